The van der Waals surface area contributed by atoms with Gasteiger partial charge in [-0.1, -0.05) is 134 Å². The van der Waals surface area contributed by atoms with E-state index in [-0.39, 0.29) is 13.2 Å². The van der Waals surface area contributed by atoms with Crippen molar-refractivity contribution >= 4 is 25.4 Å². The molecule has 0 bridgehead atoms. The summed E-state index contributed by atoms with van der Waals surface area (Å²) in [4.78, 5) is 18.7. The minimum atomic E-state index is -3.99. The van der Waals surface area contributed by atoms with Gasteiger partial charge in [-0.25, -0.2) is 4.58 Å². The lowest BCUT2D eigenvalue weighted by molar-refractivity contribution is -0.441. The molecular formula is C37H62N4O6P+. The molecule has 0 spiro atoms. The molecule has 2 aromatic rings. The zero-order valence-electron chi connectivity index (χ0n) is 29.4. The number of fused-ring (bicyclic) bond motifs is 1. The molecule has 2 heterocycles. The second-order valence-corrected chi connectivity index (χ2v) is 14.7. The van der Waals surface area contributed by atoms with Crippen LogP contribution < -0.4 is 5.73 Å². The van der Waals surface area contributed by atoms with Crippen LogP contribution in [0.3, 0.4) is 0 Å². The van der Waals surface area contributed by atoms with Gasteiger partial charge in [0.05, 0.1) is 38.2 Å². The van der Waals surface area contributed by atoms with E-state index >= 15 is 0 Å². The van der Waals surface area contributed by atoms with Crippen LogP contribution >= 0.6 is 7.60 Å². The van der Waals surface area contributed by atoms with Gasteiger partial charge in [-0.3, -0.25) is 4.57 Å². The van der Waals surface area contributed by atoms with Gasteiger partial charge in [-0.2, -0.15) is 4.98 Å². The van der Waals surface area contributed by atoms with E-state index < -0.39 is 20.0 Å². The van der Waals surface area contributed by atoms with Crippen LogP contribution in [-0.4, -0.2) is 71.1 Å². The van der Waals surface area contributed by atoms with Gasteiger partial charge < -0.3 is 29.4 Å². The fraction of sp³-hybridized carbons (Fsp3) is 0.703. The molecule has 1 aliphatic heterocycles. The molecule has 270 valence electrons. The maximum Gasteiger partial charge on any atom is 0.353 e. The zero-order chi connectivity index (χ0) is 34.1. The topological polar surface area (TPSA) is 129 Å². The fourth-order valence-corrected chi connectivity index (χ4v) is 6.66. The number of benzene rings is 1. The predicted molar refractivity (Wildman–Crippen MR) is 193 cm³/mol. The Labute approximate surface area is 289 Å². The Morgan fingerprint density at radius 2 is 1.46 bits per heavy atom. The quantitative estimate of drug-likeness (QED) is 0.0472. The maximum atomic E-state index is 12.7. The molecule has 1 aromatic carbocycles. The summed E-state index contributed by atoms with van der Waals surface area (Å²) in [7, 11) is -3.99. The summed E-state index contributed by atoms with van der Waals surface area (Å²) in [6.45, 7) is 4.21. The molecule has 48 heavy (non-hydrogen) atoms. The van der Waals surface area contributed by atoms with Crippen LogP contribution in [0.15, 0.2) is 36.7 Å². The molecular weight excluding hydrogens is 627 g/mol. The Morgan fingerprint density at radius 1 is 0.833 bits per heavy atom. The first-order valence-corrected chi connectivity index (χ1v) is 20.2. The molecule has 0 radical (unpaired) electrons. The molecule has 1 aliphatic rings. The van der Waals surface area contributed by atoms with Gasteiger partial charge in [0.2, 0.25) is 6.33 Å². The van der Waals surface area contributed by atoms with Gasteiger partial charge in [-0.05, 0) is 17.0 Å². The predicted octanol–water partition coefficient (Wildman–Crippen LogP) is 8.37. The molecule has 11 heteroatoms. The highest BCUT2D eigenvalue weighted by atomic mass is 31.2. The van der Waals surface area contributed by atoms with Crippen molar-refractivity contribution in [3.8, 4) is 0 Å². The molecule has 0 saturated carbocycles. The Kier molecular flexibility index (Phi) is 20.8. The van der Waals surface area contributed by atoms with Gasteiger partial charge in [0.25, 0.3) is 0 Å². The Bertz CT molecular complexity index is 1200. The number of nitrogen functional groups attached to an aromatic ring is 1. The summed E-state index contributed by atoms with van der Waals surface area (Å²) >= 11 is 0. The first kappa shape index (κ1) is 40.2. The van der Waals surface area contributed by atoms with E-state index in [0.29, 0.717) is 38.6 Å². The fourth-order valence-electron chi connectivity index (χ4n) is 5.82. The van der Waals surface area contributed by atoms with Gasteiger partial charge in [0.15, 0.2) is 0 Å². The molecule has 0 fully saturated rings. The van der Waals surface area contributed by atoms with Crippen molar-refractivity contribution in [1.29, 1.82) is 0 Å². The molecule has 10 nitrogen and oxygen atoms in total. The van der Waals surface area contributed by atoms with E-state index in [1.54, 1.807) is 0 Å². The summed E-state index contributed by atoms with van der Waals surface area (Å²) in [6, 6.07) is 9.83. The Balaban J connectivity index is 1.23. The van der Waals surface area contributed by atoms with Crippen LogP contribution in [0.1, 0.15) is 121 Å². The monoisotopic (exact) mass is 689 g/mol. The van der Waals surface area contributed by atoms with E-state index in [9.17, 15) is 9.46 Å². The summed E-state index contributed by atoms with van der Waals surface area (Å²) in [6.07, 6.45) is 24.4. The van der Waals surface area contributed by atoms with Gasteiger partial charge >= 0.3 is 13.4 Å². The van der Waals surface area contributed by atoms with Crippen LogP contribution in [0, 0.1) is 0 Å². The summed E-state index contributed by atoms with van der Waals surface area (Å²) in [5, 5.41) is 0. The van der Waals surface area contributed by atoms with Crippen molar-refractivity contribution in [1.82, 2.24) is 9.97 Å². The lowest BCUT2D eigenvalue weighted by Crippen LogP contribution is -2.26. The van der Waals surface area contributed by atoms with Crippen molar-refractivity contribution < 1.29 is 32.8 Å². The highest BCUT2D eigenvalue weighted by Gasteiger charge is 2.27. The number of nitrogens with zero attached hydrogens (tertiary/aromatic N) is 3. The van der Waals surface area contributed by atoms with Crippen LogP contribution in [0.25, 0.3) is 0 Å². The number of unbranched alkanes of at least 4 members (excludes halogenated alkanes) is 15. The maximum absolute atomic E-state index is 12.7. The number of ether oxygens (including phenoxy) is 3. The number of hydrogen-bond donors (Lipinski definition) is 2. The molecule has 0 aliphatic carbocycles. The van der Waals surface area contributed by atoms with Gasteiger partial charge in [-0.15, -0.1) is 0 Å². The number of rotatable bonds is 30. The third-order valence-corrected chi connectivity index (χ3v) is 9.77. The SMILES string of the molecule is CCCCCCCCCCCCCCCCCCOC[C@H](COP(=O)(O)COCC[N+]1=CCc2c(N)ncnc21)OCc1ccccc1. The van der Waals surface area contributed by atoms with E-state index in [1.807, 2.05) is 41.1 Å². The van der Waals surface area contributed by atoms with Crippen molar-refractivity contribution in [2.45, 2.75) is 129 Å². The standard InChI is InChI=1S/C37H61N4O6P/c1-2-3-4-5-6-7-8-9-10-11-12-13-14-15-16-20-26-44-29-34(46-28-33-21-18-17-19-22-33)30-47-48(42,43)32-45-27-25-41-24-23-35-36(38)39-31-40-37(35)41/h17-19,21-22,24,31,34H,2-16,20,23,25-30,32H2,1H3,(H2-,38,39,40,42,43)/p+1/t34-/m1/s1. The van der Waals surface area contributed by atoms with Crippen LogP contribution in [0.2, 0.25) is 0 Å². The number of hydrogen-bond acceptors (Lipinski definition) is 8. The Hall–Kier alpha value is -2.20. The first-order chi connectivity index (χ1) is 23.5. The number of anilines is 1. The van der Waals surface area contributed by atoms with E-state index in [1.165, 1.54) is 96.2 Å². The molecule has 0 amide bonds. The zero-order valence-corrected chi connectivity index (χ0v) is 30.3. The smallest absolute Gasteiger partial charge is 0.353 e. The molecule has 0 saturated heterocycles. The van der Waals surface area contributed by atoms with E-state index in [0.717, 1.165) is 29.8 Å². The summed E-state index contributed by atoms with van der Waals surface area (Å²) in [5.74, 6) is 1.21. The first-order valence-electron chi connectivity index (χ1n) is 18.4. The van der Waals surface area contributed by atoms with Crippen LogP contribution in [-0.2, 0) is 36.3 Å². The average molecular weight is 690 g/mol. The lowest BCUT2D eigenvalue weighted by atomic mass is 10.0. The van der Waals surface area contributed by atoms with Gasteiger partial charge in [0, 0.05) is 13.0 Å². The highest BCUT2D eigenvalue weighted by molar-refractivity contribution is 7.52. The van der Waals surface area contributed by atoms with Crippen LogP contribution in [0.5, 0.6) is 0 Å². The van der Waals surface area contributed by atoms with E-state index in [4.69, 9.17) is 24.5 Å². The second-order valence-electron chi connectivity index (χ2n) is 12.9. The van der Waals surface area contributed by atoms with E-state index in [2.05, 4.69) is 16.9 Å². The second kappa shape index (κ2) is 24.9. The minimum absolute atomic E-state index is 0.0631. The largest absolute Gasteiger partial charge is 0.383 e. The number of nitrogens with two attached hydrogens (primary N) is 1. The van der Waals surface area contributed by atoms with Crippen molar-refractivity contribution in [3.05, 3.63) is 47.8 Å². The molecule has 2 atom stereocenters. The minimum Gasteiger partial charge on any atom is -0.383 e. The normalized spacial score (nSPS) is 14.5. The number of aromatic nitrogens is 2. The van der Waals surface area contributed by atoms with Crippen molar-refractivity contribution in [2.75, 3.05) is 45.1 Å². The van der Waals surface area contributed by atoms with Crippen molar-refractivity contribution in [2.24, 2.45) is 0 Å². The molecule has 3 rings (SSSR count). The highest BCUT2D eigenvalue weighted by Crippen LogP contribution is 2.42. The summed E-state index contributed by atoms with van der Waals surface area (Å²) in [5.41, 5.74) is 7.82. The molecule has 1 unspecified atom stereocenters. The lowest BCUT2D eigenvalue weighted by Gasteiger charge is -2.20. The van der Waals surface area contributed by atoms with Crippen molar-refractivity contribution in [3.63, 3.8) is 0 Å². The third kappa shape index (κ3) is 17.5. The molecule has 3 N–H and O–H groups in total. The molecule has 1 aromatic heterocycles. The van der Waals surface area contributed by atoms with Crippen LogP contribution in [0.4, 0.5) is 11.6 Å². The average Bonchev–Trinajstić information content (AvgIpc) is 3.51. The van der Waals surface area contributed by atoms with Gasteiger partial charge in [0.1, 0.15) is 24.8 Å². The Morgan fingerprint density at radius 3 is 2.10 bits per heavy atom. The summed E-state index contributed by atoms with van der Waals surface area (Å²) < 4.78 is 37.6. The third-order valence-electron chi connectivity index (χ3n) is 8.71.